The predicted molar refractivity (Wildman–Crippen MR) is 144 cm³/mol. The van der Waals surface area contributed by atoms with Crippen molar-refractivity contribution in [2.24, 2.45) is 0 Å². The number of aromatic nitrogens is 1. The monoisotopic (exact) mass is 499 g/mol. The lowest BCUT2D eigenvalue weighted by atomic mass is 10.0. The number of benzene rings is 3. The number of ether oxygens (including phenoxy) is 1. The van der Waals surface area contributed by atoms with Crippen LogP contribution in [0.25, 0.3) is 27.8 Å². The van der Waals surface area contributed by atoms with E-state index in [9.17, 15) is 14.3 Å². The number of rotatable bonds is 7. The quantitative estimate of drug-likeness (QED) is 0.355. The van der Waals surface area contributed by atoms with Crippen molar-refractivity contribution in [2.45, 2.75) is 25.0 Å². The fraction of sp³-hybridized carbons (Fsp3) is 0.267. The minimum Gasteiger partial charge on any atom is -0.497 e. The fourth-order valence-corrected chi connectivity index (χ4v) is 5.01. The standard InChI is InChI=1S/C30H30FN3O3/c1-37-22-8-10-28-26(18-22)25(12-15-32-28)29(35)19-34-16-13-21(14-17-34)33-30(36)11-7-20-6-9-27(31)24-5-3-2-4-23(20)24/h2-12,15,18,21,29,35H,13-14,16-17,19H2,1H3,(H,33,36)/b11-7+/t29-/m0/s1. The molecule has 1 fully saturated rings. The van der Waals surface area contributed by atoms with E-state index in [-0.39, 0.29) is 17.8 Å². The Morgan fingerprint density at radius 3 is 2.70 bits per heavy atom. The Morgan fingerprint density at radius 2 is 1.92 bits per heavy atom. The lowest BCUT2D eigenvalue weighted by Gasteiger charge is -2.33. The summed E-state index contributed by atoms with van der Waals surface area (Å²) in [6.07, 6.45) is 5.91. The normalized spacial score (nSPS) is 15.9. The summed E-state index contributed by atoms with van der Waals surface area (Å²) in [6.45, 7) is 2.07. The highest BCUT2D eigenvalue weighted by molar-refractivity contribution is 5.97. The van der Waals surface area contributed by atoms with Crippen LogP contribution in [-0.2, 0) is 4.79 Å². The average Bonchev–Trinajstić information content (AvgIpc) is 2.93. The van der Waals surface area contributed by atoms with Gasteiger partial charge in [-0.25, -0.2) is 4.39 Å². The van der Waals surface area contributed by atoms with Crippen LogP contribution in [0.3, 0.4) is 0 Å². The van der Waals surface area contributed by atoms with Crippen LogP contribution in [0.2, 0.25) is 0 Å². The number of pyridine rings is 1. The Kier molecular flexibility index (Phi) is 7.44. The number of methoxy groups -OCH3 is 1. The van der Waals surface area contributed by atoms with Crippen LogP contribution in [-0.4, -0.2) is 53.7 Å². The second-order valence-electron chi connectivity index (χ2n) is 9.40. The molecule has 0 spiro atoms. The van der Waals surface area contributed by atoms with Crippen LogP contribution in [0.1, 0.15) is 30.1 Å². The first-order chi connectivity index (χ1) is 18.0. The van der Waals surface area contributed by atoms with E-state index >= 15 is 0 Å². The number of amides is 1. The number of nitrogens with one attached hydrogen (secondary N) is 1. The van der Waals surface area contributed by atoms with Gasteiger partial charge in [-0.3, -0.25) is 9.78 Å². The molecule has 0 radical (unpaired) electrons. The number of halogens is 1. The maximum absolute atomic E-state index is 14.1. The maximum Gasteiger partial charge on any atom is 0.244 e. The summed E-state index contributed by atoms with van der Waals surface area (Å²) < 4.78 is 19.4. The summed E-state index contributed by atoms with van der Waals surface area (Å²) in [6, 6.07) is 18.0. The van der Waals surface area contributed by atoms with Crippen molar-refractivity contribution in [2.75, 3.05) is 26.7 Å². The number of β-amino-alcohol motifs (C(OH)–C–C–N with tert-alkyl or cyclic N) is 1. The number of carbonyl (C=O) groups excluding carboxylic acids is 1. The number of nitrogens with zero attached hydrogens (tertiary/aromatic N) is 2. The Balaban J connectivity index is 1.16. The van der Waals surface area contributed by atoms with Crippen molar-refractivity contribution >= 4 is 33.7 Å². The lowest BCUT2D eigenvalue weighted by Crippen LogP contribution is -2.45. The van der Waals surface area contributed by atoms with Gasteiger partial charge in [-0.05, 0) is 65.8 Å². The molecule has 1 atom stereocenters. The summed E-state index contributed by atoms with van der Waals surface area (Å²) in [5.41, 5.74) is 2.45. The van der Waals surface area contributed by atoms with E-state index in [4.69, 9.17) is 4.74 Å². The van der Waals surface area contributed by atoms with Gasteiger partial charge in [-0.2, -0.15) is 0 Å². The number of hydrogen-bond donors (Lipinski definition) is 2. The zero-order chi connectivity index (χ0) is 25.8. The molecule has 1 aliphatic rings. The molecule has 4 aromatic rings. The second kappa shape index (κ2) is 11.1. The zero-order valence-corrected chi connectivity index (χ0v) is 20.7. The largest absolute Gasteiger partial charge is 0.497 e. The van der Waals surface area contributed by atoms with Gasteiger partial charge in [0.1, 0.15) is 11.6 Å². The Labute approximate surface area is 215 Å². The van der Waals surface area contributed by atoms with Gasteiger partial charge in [0, 0.05) is 48.7 Å². The molecule has 2 N–H and O–H groups in total. The van der Waals surface area contributed by atoms with Crippen LogP contribution < -0.4 is 10.1 Å². The molecule has 190 valence electrons. The van der Waals surface area contributed by atoms with E-state index in [0.717, 1.165) is 59.1 Å². The molecule has 7 heteroatoms. The van der Waals surface area contributed by atoms with Gasteiger partial charge >= 0.3 is 0 Å². The molecule has 1 aliphatic heterocycles. The topological polar surface area (TPSA) is 74.7 Å². The molecule has 0 saturated carbocycles. The summed E-state index contributed by atoms with van der Waals surface area (Å²) in [5, 5.41) is 16.3. The number of likely N-dealkylation sites (tertiary alicyclic amines) is 1. The highest BCUT2D eigenvalue weighted by Crippen LogP contribution is 2.28. The van der Waals surface area contributed by atoms with Gasteiger partial charge in [0.15, 0.2) is 0 Å². The highest BCUT2D eigenvalue weighted by Gasteiger charge is 2.23. The number of fused-ring (bicyclic) bond motifs is 2. The molecular formula is C30H30FN3O3. The molecule has 2 heterocycles. The molecule has 0 bridgehead atoms. The summed E-state index contributed by atoms with van der Waals surface area (Å²) in [4.78, 5) is 19.2. The van der Waals surface area contributed by atoms with Gasteiger partial charge in [-0.15, -0.1) is 0 Å². The van der Waals surface area contributed by atoms with Crippen molar-refractivity contribution in [3.63, 3.8) is 0 Å². The van der Waals surface area contributed by atoms with E-state index in [2.05, 4.69) is 15.2 Å². The van der Waals surface area contributed by atoms with Gasteiger partial charge in [0.05, 0.1) is 18.7 Å². The van der Waals surface area contributed by atoms with Crippen LogP contribution in [0.15, 0.2) is 72.9 Å². The number of hydrogen-bond acceptors (Lipinski definition) is 5. The van der Waals surface area contributed by atoms with Crippen molar-refractivity contribution in [3.8, 4) is 5.75 Å². The minimum absolute atomic E-state index is 0.0709. The smallest absolute Gasteiger partial charge is 0.244 e. The third kappa shape index (κ3) is 5.63. The summed E-state index contributed by atoms with van der Waals surface area (Å²) >= 11 is 0. The van der Waals surface area contributed by atoms with E-state index in [0.29, 0.717) is 11.9 Å². The van der Waals surface area contributed by atoms with Gasteiger partial charge in [0.2, 0.25) is 5.91 Å². The number of aliphatic hydroxyl groups is 1. The Hall–Kier alpha value is -3.81. The van der Waals surface area contributed by atoms with Crippen molar-refractivity contribution in [1.29, 1.82) is 0 Å². The Morgan fingerprint density at radius 1 is 1.14 bits per heavy atom. The SMILES string of the molecule is COc1ccc2nccc([C@@H](O)CN3CCC(NC(=O)/C=C/c4ccc(F)c5ccccc45)CC3)c2c1. The molecule has 1 saturated heterocycles. The van der Waals surface area contributed by atoms with Crippen molar-refractivity contribution < 1.29 is 19.0 Å². The molecule has 0 unspecified atom stereocenters. The predicted octanol–water partition coefficient (Wildman–Crippen LogP) is 4.86. The third-order valence-corrected chi connectivity index (χ3v) is 7.03. The first-order valence-electron chi connectivity index (χ1n) is 12.5. The summed E-state index contributed by atoms with van der Waals surface area (Å²) in [7, 11) is 1.62. The average molecular weight is 500 g/mol. The first-order valence-corrected chi connectivity index (χ1v) is 12.5. The van der Waals surface area contributed by atoms with Crippen molar-refractivity contribution in [1.82, 2.24) is 15.2 Å². The van der Waals surface area contributed by atoms with E-state index in [1.807, 2.05) is 36.4 Å². The van der Waals surface area contributed by atoms with Crippen LogP contribution in [0, 0.1) is 5.82 Å². The van der Waals surface area contributed by atoms with Crippen LogP contribution >= 0.6 is 0 Å². The highest BCUT2D eigenvalue weighted by atomic mass is 19.1. The number of piperidine rings is 1. The molecule has 37 heavy (non-hydrogen) atoms. The van der Waals surface area contributed by atoms with E-state index in [1.165, 1.54) is 12.1 Å². The van der Waals surface area contributed by atoms with Crippen LogP contribution in [0.5, 0.6) is 5.75 Å². The molecule has 6 nitrogen and oxygen atoms in total. The minimum atomic E-state index is -0.655. The van der Waals surface area contributed by atoms with Gasteiger partial charge < -0.3 is 20.1 Å². The van der Waals surface area contributed by atoms with E-state index in [1.54, 1.807) is 37.6 Å². The molecule has 5 rings (SSSR count). The number of aliphatic hydroxyl groups excluding tert-OH is 1. The maximum atomic E-state index is 14.1. The molecule has 1 amide bonds. The molecule has 3 aromatic carbocycles. The second-order valence-corrected chi connectivity index (χ2v) is 9.40. The Bertz CT molecular complexity index is 1450. The van der Waals surface area contributed by atoms with Gasteiger partial charge in [0.25, 0.3) is 0 Å². The van der Waals surface area contributed by atoms with Crippen molar-refractivity contribution in [3.05, 3.63) is 89.9 Å². The lowest BCUT2D eigenvalue weighted by molar-refractivity contribution is -0.117. The zero-order valence-electron chi connectivity index (χ0n) is 20.7. The summed E-state index contributed by atoms with van der Waals surface area (Å²) in [5.74, 6) is 0.294. The first kappa shape index (κ1) is 24.9. The molecular weight excluding hydrogens is 469 g/mol. The van der Waals surface area contributed by atoms with Gasteiger partial charge in [-0.1, -0.05) is 30.3 Å². The fourth-order valence-electron chi connectivity index (χ4n) is 5.01. The van der Waals surface area contributed by atoms with Crippen LogP contribution in [0.4, 0.5) is 4.39 Å². The van der Waals surface area contributed by atoms with E-state index < -0.39 is 6.10 Å². The molecule has 0 aliphatic carbocycles. The third-order valence-electron chi connectivity index (χ3n) is 7.03. The number of carbonyl (C=O) groups is 1. The molecule has 1 aromatic heterocycles.